The Morgan fingerprint density at radius 3 is 3.07 bits per heavy atom. The molecule has 0 unspecified atom stereocenters. The molecule has 0 saturated carbocycles. The van der Waals surface area contributed by atoms with Gasteiger partial charge in [-0.1, -0.05) is 17.7 Å². The van der Waals surface area contributed by atoms with Crippen molar-refractivity contribution in [3.05, 3.63) is 23.4 Å². The van der Waals surface area contributed by atoms with Crippen LogP contribution in [-0.2, 0) is 9.53 Å². The highest BCUT2D eigenvalue weighted by molar-refractivity contribution is 6.29. The number of nitrogens with one attached hydrogen (secondary N) is 1. The molecule has 0 aromatic carbocycles. The van der Waals surface area contributed by atoms with Gasteiger partial charge in [0.1, 0.15) is 17.6 Å². The minimum absolute atomic E-state index is 0.0648. The largest absolute Gasteiger partial charge is 0.370 e. The number of hydrogen-bond acceptors (Lipinski definition) is 4. The number of hydrogen-bond donors (Lipinski definition) is 2. The van der Waals surface area contributed by atoms with Crippen LogP contribution in [-0.4, -0.2) is 30.6 Å². The van der Waals surface area contributed by atoms with Crippen LogP contribution in [0.1, 0.15) is 0 Å². The molecule has 1 aromatic rings. The molecule has 0 saturated heterocycles. The fraction of sp³-hybridized carbons (Fsp3) is 0.333. The van der Waals surface area contributed by atoms with E-state index in [-0.39, 0.29) is 6.61 Å². The maximum Gasteiger partial charge on any atom is 0.243 e. The van der Waals surface area contributed by atoms with Gasteiger partial charge in [-0.2, -0.15) is 0 Å². The highest BCUT2D eigenvalue weighted by atomic mass is 35.5. The zero-order chi connectivity index (χ0) is 11.1. The number of halogens is 1. The third-order valence-corrected chi connectivity index (χ3v) is 1.72. The van der Waals surface area contributed by atoms with E-state index in [0.717, 1.165) is 0 Å². The zero-order valence-corrected chi connectivity index (χ0v) is 8.83. The van der Waals surface area contributed by atoms with Crippen LogP contribution in [0.2, 0.25) is 5.15 Å². The van der Waals surface area contributed by atoms with Crippen molar-refractivity contribution in [1.29, 1.82) is 0 Å². The molecule has 1 rings (SSSR count). The summed E-state index contributed by atoms with van der Waals surface area (Å²) in [5.74, 6) is 0.195. The molecule has 0 bridgehead atoms. The van der Waals surface area contributed by atoms with E-state index in [9.17, 15) is 4.79 Å². The Hall–Kier alpha value is -1.33. The van der Waals surface area contributed by atoms with E-state index < -0.39 is 5.91 Å². The second-order valence-electron chi connectivity index (χ2n) is 2.79. The summed E-state index contributed by atoms with van der Waals surface area (Å²) in [6.45, 7) is 0.864. The second kappa shape index (κ2) is 6.21. The molecule has 3 N–H and O–H groups in total. The summed E-state index contributed by atoms with van der Waals surface area (Å²) in [6.07, 6.45) is 0. The summed E-state index contributed by atoms with van der Waals surface area (Å²) in [5.41, 5.74) is 4.89. The molecule has 1 heterocycles. The van der Waals surface area contributed by atoms with Gasteiger partial charge in [0.25, 0.3) is 0 Å². The van der Waals surface area contributed by atoms with Crippen molar-refractivity contribution in [1.82, 2.24) is 4.98 Å². The van der Waals surface area contributed by atoms with Crippen molar-refractivity contribution in [2.24, 2.45) is 5.73 Å². The number of rotatable bonds is 6. The molecule has 0 fully saturated rings. The van der Waals surface area contributed by atoms with Crippen molar-refractivity contribution in [2.75, 3.05) is 25.1 Å². The van der Waals surface area contributed by atoms with Crippen LogP contribution in [0.5, 0.6) is 0 Å². The first-order valence-corrected chi connectivity index (χ1v) is 4.79. The van der Waals surface area contributed by atoms with Crippen molar-refractivity contribution in [3.8, 4) is 0 Å². The zero-order valence-electron chi connectivity index (χ0n) is 8.07. The lowest BCUT2D eigenvalue weighted by molar-refractivity contribution is -0.122. The normalized spacial score (nSPS) is 9.93. The Kier molecular flexibility index (Phi) is 4.86. The monoisotopic (exact) mass is 229 g/mol. The average Bonchev–Trinajstić information content (AvgIpc) is 2.17. The van der Waals surface area contributed by atoms with E-state index in [0.29, 0.717) is 24.1 Å². The summed E-state index contributed by atoms with van der Waals surface area (Å²) in [7, 11) is 0. The summed E-state index contributed by atoms with van der Waals surface area (Å²) in [4.78, 5) is 14.3. The lowest BCUT2D eigenvalue weighted by Gasteiger charge is -2.05. The molecule has 6 heteroatoms. The minimum atomic E-state index is -0.476. The minimum Gasteiger partial charge on any atom is -0.370 e. The van der Waals surface area contributed by atoms with Crippen molar-refractivity contribution < 1.29 is 9.53 Å². The van der Waals surface area contributed by atoms with Crippen LogP contribution < -0.4 is 11.1 Å². The third kappa shape index (κ3) is 5.19. The van der Waals surface area contributed by atoms with Crippen LogP contribution in [0.15, 0.2) is 18.2 Å². The number of anilines is 1. The highest BCUT2D eigenvalue weighted by Gasteiger charge is 1.96. The van der Waals surface area contributed by atoms with Crippen LogP contribution in [0, 0.1) is 0 Å². The number of nitrogens with two attached hydrogens (primary N) is 1. The van der Waals surface area contributed by atoms with Gasteiger partial charge in [0.05, 0.1) is 6.61 Å². The fourth-order valence-corrected chi connectivity index (χ4v) is 1.09. The van der Waals surface area contributed by atoms with E-state index >= 15 is 0 Å². The van der Waals surface area contributed by atoms with Crippen molar-refractivity contribution in [3.63, 3.8) is 0 Å². The van der Waals surface area contributed by atoms with Gasteiger partial charge < -0.3 is 15.8 Å². The van der Waals surface area contributed by atoms with Crippen LogP contribution in [0.3, 0.4) is 0 Å². The van der Waals surface area contributed by atoms with Crippen molar-refractivity contribution in [2.45, 2.75) is 0 Å². The number of primary amides is 1. The quantitative estimate of drug-likeness (QED) is 0.555. The number of aromatic nitrogens is 1. The Morgan fingerprint density at radius 1 is 1.60 bits per heavy atom. The number of nitrogens with zero attached hydrogens (tertiary/aromatic N) is 1. The molecule has 0 atom stereocenters. The summed E-state index contributed by atoms with van der Waals surface area (Å²) < 4.78 is 4.95. The van der Waals surface area contributed by atoms with Gasteiger partial charge >= 0.3 is 0 Å². The lowest BCUT2D eigenvalue weighted by atomic mass is 10.4. The van der Waals surface area contributed by atoms with Crippen molar-refractivity contribution >= 4 is 23.3 Å². The average molecular weight is 230 g/mol. The second-order valence-corrected chi connectivity index (χ2v) is 3.18. The molecule has 0 aliphatic rings. The van der Waals surface area contributed by atoms with E-state index in [1.54, 1.807) is 18.2 Å². The van der Waals surface area contributed by atoms with Gasteiger partial charge in [-0.05, 0) is 12.1 Å². The maximum absolute atomic E-state index is 10.3. The molecular weight excluding hydrogens is 218 g/mol. The SMILES string of the molecule is NC(=O)COCCNc1cccc(Cl)n1. The van der Waals surface area contributed by atoms with Gasteiger partial charge in [-0.25, -0.2) is 4.98 Å². The van der Waals surface area contributed by atoms with E-state index in [1.807, 2.05) is 0 Å². The molecule has 5 nitrogen and oxygen atoms in total. The number of carbonyl (C=O) groups is 1. The first-order valence-electron chi connectivity index (χ1n) is 4.41. The molecule has 1 aromatic heterocycles. The molecule has 82 valence electrons. The Balaban J connectivity index is 2.17. The van der Waals surface area contributed by atoms with Gasteiger partial charge in [0.15, 0.2) is 0 Å². The molecule has 0 spiro atoms. The fourth-order valence-electron chi connectivity index (χ4n) is 0.931. The molecular formula is C9H12ClN3O2. The van der Waals surface area contributed by atoms with E-state index in [2.05, 4.69) is 10.3 Å². The molecule has 15 heavy (non-hydrogen) atoms. The van der Waals surface area contributed by atoms with Crippen LogP contribution in [0.25, 0.3) is 0 Å². The molecule has 0 radical (unpaired) electrons. The summed E-state index contributed by atoms with van der Waals surface area (Å²) >= 11 is 5.68. The Bertz CT molecular complexity index is 333. The predicted molar refractivity (Wildman–Crippen MR) is 57.8 cm³/mol. The summed E-state index contributed by atoms with van der Waals surface area (Å²) in [5, 5.41) is 3.42. The number of ether oxygens (including phenoxy) is 1. The first-order chi connectivity index (χ1) is 7.18. The van der Waals surface area contributed by atoms with Gasteiger partial charge in [0, 0.05) is 6.54 Å². The Labute approximate surface area is 92.6 Å². The maximum atomic E-state index is 10.3. The Morgan fingerprint density at radius 2 is 2.40 bits per heavy atom. The van der Waals surface area contributed by atoms with E-state index in [4.69, 9.17) is 22.1 Å². The van der Waals surface area contributed by atoms with Crippen LogP contribution in [0.4, 0.5) is 5.82 Å². The number of amides is 1. The third-order valence-electron chi connectivity index (χ3n) is 1.51. The standard InChI is InChI=1S/C9H12ClN3O2/c10-7-2-1-3-9(13-7)12-4-5-15-6-8(11)14/h1-3H,4-6H2,(H2,11,14)(H,12,13). The molecule has 1 amide bonds. The van der Waals surface area contributed by atoms with E-state index in [1.165, 1.54) is 0 Å². The predicted octanol–water partition coefficient (Wildman–Crippen LogP) is 0.649. The van der Waals surface area contributed by atoms with Crippen LogP contribution >= 0.6 is 11.6 Å². The smallest absolute Gasteiger partial charge is 0.243 e. The first kappa shape index (κ1) is 11.7. The lowest BCUT2D eigenvalue weighted by Crippen LogP contribution is -2.20. The van der Waals surface area contributed by atoms with Gasteiger partial charge in [-0.15, -0.1) is 0 Å². The summed E-state index contributed by atoms with van der Waals surface area (Å²) in [6, 6.07) is 5.28. The molecule has 0 aliphatic carbocycles. The molecule has 0 aliphatic heterocycles. The van der Waals surface area contributed by atoms with Gasteiger partial charge in [-0.3, -0.25) is 4.79 Å². The number of pyridine rings is 1. The van der Waals surface area contributed by atoms with Gasteiger partial charge in [0.2, 0.25) is 5.91 Å². The highest BCUT2D eigenvalue weighted by Crippen LogP contribution is 2.08. The topological polar surface area (TPSA) is 77.2 Å². The number of carbonyl (C=O) groups excluding carboxylic acids is 1.